The number of rotatable bonds is 1. The van der Waals surface area contributed by atoms with Crippen molar-refractivity contribution in [3.8, 4) is 5.69 Å². The van der Waals surface area contributed by atoms with Crippen molar-refractivity contribution in [3.05, 3.63) is 42.5 Å². The highest BCUT2D eigenvalue weighted by Gasteiger charge is 1.93. The average molecular weight is 189 g/mol. The number of hydrogen-bond acceptors (Lipinski definition) is 2. The van der Waals surface area contributed by atoms with Crippen LogP contribution in [-0.4, -0.2) is 14.8 Å². The van der Waals surface area contributed by atoms with Crippen LogP contribution in [0.1, 0.15) is 19.5 Å². The van der Waals surface area contributed by atoms with Gasteiger partial charge in [-0.3, -0.25) is 4.98 Å². The Hall–Kier alpha value is -1.64. The van der Waals surface area contributed by atoms with E-state index in [1.54, 1.807) is 10.9 Å². The van der Waals surface area contributed by atoms with Crippen molar-refractivity contribution in [2.75, 3.05) is 0 Å². The van der Waals surface area contributed by atoms with E-state index in [1.165, 1.54) is 0 Å². The molecule has 2 heterocycles. The number of aromatic nitrogens is 3. The Morgan fingerprint density at radius 1 is 1.21 bits per heavy atom. The van der Waals surface area contributed by atoms with Crippen LogP contribution < -0.4 is 0 Å². The quantitative estimate of drug-likeness (QED) is 0.690. The maximum atomic E-state index is 4.17. The van der Waals surface area contributed by atoms with Crippen LogP contribution in [0.2, 0.25) is 0 Å². The van der Waals surface area contributed by atoms with Gasteiger partial charge in [0.15, 0.2) is 0 Å². The van der Waals surface area contributed by atoms with Gasteiger partial charge in [-0.25, -0.2) is 4.68 Å². The van der Waals surface area contributed by atoms with Crippen molar-refractivity contribution in [2.45, 2.75) is 20.8 Å². The van der Waals surface area contributed by atoms with Gasteiger partial charge >= 0.3 is 0 Å². The summed E-state index contributed by atoms with van der Waals surface area (Å²) in [7, 11) is 0. The Balaban J connectivity index is 0.000000461. The minimum atomic E-state index is 0.991. The summed E-state index contributed by atoms with van der Waals surface area (Å²) in [5.41, 5.74) is 2.01. The van der Waals surface area contributed by atoms with E-state index in [4.69, 9.17) is 0 Å². The first-order valence-electron chi connectivity index (χ1n) is 4.79. The normalized spacial score (nSPS) is 9.07. The molecule has 3 nitrogen and oxygen atoms in total. The molecule has 0 aliphatic rings. The molecule has 14 heavy (non-hydrogen) atoms. The molecule has 2 aromatic heterocycles. The second kappa shape index (κ2) is 5.17. The standard InChI is InChI=1S/C9H9N3.C2H6/c1-8-3-4-9(7-10-8)12-6-2-5-11-12;1-2/h2-7H,1H3;1-2H3. The maximum Gasteiger partial charge on any atom is 0.0828 e. The van der Waals surface area contributed by atoms with E-state index in [0.717, 1.165) is 11.4 Å². The molecular formula is C11H15N3. The monoisotopic (exact) mass is 189 g/mol. The molecule has 2 rings (SSSR count). The largest absolute Gasteiger partial charge is 0.259 e. The van der Waals surface area contributed by atoms with E-state index in [2.05, 4.69) is 10.1 Å². The molecule has 0 saturated heterocycles. The lowest BCUT2D eigenvalue weighted by Crippen LogP contribution is -1.94. The van der Waals surface area contributed by atoms with Crippen LogP contribution in [0.15, 0.2) is 36.8 Å². The van der Waals surface area contributed by atoms with Crippen molar-refractivity contribution in [1.29, 1.82) is 0 Å². The van der Waals surface area contributed by atoms with Crippen LogP contribution in [0, 0.1) is 6.92 Å². The van der Waals surface area contributed by atoms with Gasteiger partial charge in [0.2, 0.25) is 0 Å². The summed E-state index contributed by atoms with van der Waals surface area (Å²) in [6.45, 7) is 5.97. The minimum Gasteiger partial charge on any atom is -0.259 e. The van der Waals surface area contributed by atoms with Gasteiger partial charge in [0.25, 0.3) is 0 Å². The van der Waals surface area contributed by atoms with Gasteiger partial charge in [-0.05, 0) is 25.1 Å². The minimum absolute atomic E-state index is 0.991. The third kappa shape index (κ3) is 2.42. The Morgan fingerprint density at radius 2 is 2.00 bits per heavy atom. The van der Waals surface area contributed by atoms with Crippen LogP contribution in [0.5, 0.6) is 0 Å². The van der Waals surface area contributed by atoms with Gasteiger partial charge in [-0.1, -0.05) is 13.8 Å². The highest BCUT2D eigenvalue weighted by atomic mass is 15.3. The Kier molecular flexibility index (Phi) is 3.85. The number of pyridine rings is 1. The average Bonchev–Trinajstić information content (AvgIpc) is 2.75. The van der Waals surface area contributed by atoms with Crippen LogP contribution >= 0.6 is 0 Å². The third-order valence-corrected chi connectivity index (χ3v) is 1.66. The lowest BCUT2D eigenvalue weighted by molar-refractivity contribution is 0.871. The van der Waals surface area contributed by atoms with Gasteiger partial charge < -0.3 is 0 Å². The Labute approximate surface area is 84.4 Å². The Morgan fingerprint density at radius 3 is 2.50 bits per heavy atom. The van der Waals surface area contributed by atoms with E-state index in [-0.39, 0.29) is 0 Å². The molecule has 0 aliphatic carbocycles. The molecule has 0 amide bonds. The van der Waals surface area contributed by atoms with Crippen molar-refractivity contribution >= 4 is 0 Å². The summed E-state index contributed by atoms with van der Waals surface area (Å²) in [5.74, 6) is 0. The molecule has 0 fully saturated rings. The van der Waals surface area contributed by atoms with Crippen molar-refractivity contribution in [1.82, 2.24) is 14.8 Å². The molecule has 2 aromatic rings. The van der Waals surface area contributed by atoms with E-state index in [1.807, 2.05) is 51.4 Å². The predicted octanol–water partition coefficient (Wildman–Crippen LogP) is 2.60. The fourth-order valence-electron chi connectivity index (χ4n) is 1.02. The second-order valence-corrected chi connectivity index (χ2v) is 2.61. The zero-order valence-electron chi connectivity index (χ0n) is 8.81. The van der Waals surface area contributed by atoms with Gasteiger partial charge in [0.1, 0.15) is 0 Å². The van der Waals surface area contributed by atoms with Gasteiger partial charge in [-0.2, -0.15) is 5.10 Å². The second-order valence-electron chi connectivity index (χ2n) is 2.61. The molecule has 0 unspecified atom stereocenters. The molecule has 0 aliphatic heterocycles. The van der Waals surface area contributed by atoms with Gasteiger partial charge in [0, 0.05) is 18.1 Å². The molecule has 0 N–H and O–H groups in total. The zero-order valence-corrected chi connectivity index (χ0v) is 8.81. The first-order valence-corrected chi connectivity index (χ1v) is 4.79. The number of aryl methyl sites for hydroxylation is 1. The topological polar surface area (TPSA) is 30.7 Å². The SMILES string of the molecule is CC.Cc1ccc(-n2cccn2)cn1. The summed E-state index contributed by atoms with van der Waals surface area (Å²) < 4.78 is 1.78. The molecule has 74 valence electrons. The van der Waals surface area contributed by atoms with Crippen molar-refractivity contribution in [2.24, 2.45) is 0 Å². The molecule has 0 aromatic carbocycles. The highest BCUT2D eigenvalue weighted by molar-refractivity contribution is 5.27. The molecule has 0 bridgehead atoms. The lowest BCUT2D eigenvalue weighted by atomic mass is 10.3. The molecule has 0 saturated carbocycles. The third-order valence-electron chi connectivity index (χ3n) is 1.66. The number of nitrogens with zero attached hydrogens (tertiary/aromatic N) is 3. The fraction of sp³-hybridized carbons (Fsp3) is 0.273. The van der Waals surface area contributed by atoms with Crippen LogP contribution in [-0.2, 0) is 0 Å². The molecule has 3 heteroatoms. The maximum absolute atomic E-state index is 4.17. The zero-order chi connectivity index (χ0) is 10.4. The molecule has 0 atom stereocenters. The summed E-state index contributed by atoms with van der Waals surface area (Å²) in [6, 6.07) is 5.85. The summed E-state index contributed by atoms with van der Waals surface area (Å²) in [4.78, 5) is 4.17. The first-order chi connectivity index (χ1) is 6.86. The molecule has 0 radical (unpaired) electrons. The lowest BCUT2D eigenvalue weighted by Gasteiger charge is -1.99. The molecular weight excluding hydrogens is 174 g/mol. The summed E-state index contributed by atoms with van der Waals surface area (Å²) in [6.07, 6.45) is 5.45. The highest BCUT2D eigenvalue weighted by Crippen LogP contribution is 2.03. The van der Waals surface area contributed by atoms with Crippen molar-refractivity contribution in [3.63, 3.8) is 0 Å². The van der Waals surface area contributed by atoms with Crippen molar-refractivity contribution < 1.29 is 0 Å². The molecule has 0 spiro atoms. The predicted molar refractivity (Wildman–Crippen MR) is 57.4 cm³/mol. The van der Waals surface area contributed by atoms with Gasteiger partial charge in [-0.15, -0.1) is 0 Å². The van der Waals surface area contributed by atoms with Gasteiger partial charge in [0.05, 0.1) is 11.9 Å². The van der Waals surface area contributed by atoms with E-state index in [0.29, 0.717) is 0 Å². The number of hydrogen-bond donors (Lipinski definition) is 0. The Bertz CT molecular complexity index is 349. The van der Waals surface area contributed by atoms with E-state index >= 15 is 0 Å². The summed E-state index contributed by atoms with van der Waals surface area (Å²) >= 11 is 0. The first kappa shape index (κ1) is 10.4. The van der Waals surface area contributed by atoms with E-state index in [9.17, 15) is 0 Å². The van der Waals surface area contributed by atoms with Crippen LogP contribution in [0.4, 0.5) is 0 Å². The summed E-state index contributed by atoms with van der Waals surface area (Å²) in [5, 5.41) is 4.09. The smallest absolute Gasteiger partial charge is 0.0828 e. The van der Waals surface area contributed by atoms with E-state index < -0.39 is 0 Å². The van der Waals surface area contributed by atoms with Crippen LogP contribution in [0.3, 0.4) is 0 Å². The van der Waals surface area contributed by atoms with Crippen LogP contribution in [0.25, 0.3) is 5.69 Å². The fourth-order valence-corrected chi connectivity index (χ4v) is 1.02.